The number of hydrogen-bond donors (Lipinski definition) is 0. The van der Waals surface area contributed by atoms with Gasteiger partial charge in [-0.3, -0.25) is 4.79 Å². The fraction of sp³-hybridized carbons (Fsp3) is 0.421. The van der Waals surface area contributed by atoms with E-state index in [0.29, 0.717) is 17.2 Å². The van der Waals surface area contributed by atoms with Gasteiger partial charge in [-0.1, -0.05) is 62.1 Å². The smallest absolute Gasteiger partial charge is 0.133 e. The number of carbonyl (C=O) groups excluding carboxylic acids is 1. The number of fused-ring (bicyclic) bond motifs is 1. The molecule has 1 aliphatic rings. The molecule has 0 N–H and O–H groups in total. The summed E-state index contributed by atoms with van der Waals surface area (Å²) in [7, 11) is -1.25. The molecule has 0 radical (unpaired) electrons. The summed E-state index contributed by atoms with van der Waals surface area (Å²) in [5, 5.41) is 2.57. The first-order chi connectivity index (χ1) is 9.93. The number of carbonyl (C=O) groups is 1. The number of ketones is 1. The van der Waals surface area contributed by atoms with Crippen molar-refractivity contribution >= 4 is 24.6 Å². The van der Waals surface area contributed by atoms with Crippen molar-refractivity contribution in [2.24, 2.45) is 0 Å². The molecule has 2 heteroatoms. The van der Waals surface area contributed by atoms with Crippen molar-refractivity contribution in [3.05, 3.63) is 48.0 Å². The zero-order valence-corrected chi connectivity index (χ0v) is 14.2. The monoisotopic (exact) mass is 296 g/mol. The van der Waals surface area contributed by atoms with Crippen LogP contribution in [0, 0.1) is 0 Å². The van der Waals surface area contributed by atoms with Gasteiger partial charge in [-0.2, -0.15) is 0 Å². The summed E-state index contributed by atoms with van der Waals surface area (Å²) >= 11 is 0. The van der Waals surface area contributed by atoms with Crippen molar-refractivity contribution in [1.82, 2.24) is 0 Å². The Hall–Kier alpha value is -1.41. The van der Waals surface area contributed by atoms with Gasteiger partial charge >= 0.3 is 0 Å². The maximum absolute atomic E-state index is 12.2. The van der Waals surface area contributed by atoms with Crippen molar-refractivity contribution in [2.45, 2.75) is 50.4 Å². The molecule has 0 aliphatic heterocycles. The van der Waals surface area contributed by atoms with E-state index in [-0.39, 0.29) is 0 Å². The fourth-order valence-corrected chi connectivity index (χ4v) is 5.35. The van der Waals surface area contributed by atoms with Gasteiger partial charge in [0.25, 0.3) is 0 Å². The maximum atomic E-state index is 12.2. The molecule has 0 amide bonds. The number of hydrogen-bond acceptors (Lipinski definition) is 1. The quantitative estimate of drug-likeness (QED) is 0.679. The molecule has 2 atom stereocenters. The van der Waals surface area contributed by atoms with Crippen LogP contribution in [0.2, 0.25) is 25.2 Å². The molecule has 2 aromatic rings. The molecule has 0 aromatic heterocycles. The summed E-state index contributed by atoms with van der Waals surface area (Å²) < 4.78 is 0. The normalized spacial score (nSPS) is 23.5. The molecule has 0 saturated heterocycles. The Morgan fingerprint density at radius 2 is 1.67 bits per heavy atom. The van der Waals surface area contributed by atoms with Gasteiger partial charge in [-0.25, -0.2) is 0 Å². The SMILES string of the molecule is C[Si](C)(C)C1CC(=O)C[C@@H](c2ccc3ccccc3c2)C1. The van der Waals surface area contributed by atoms with E-state index >= 15 is 0 Å². The molecule has 1 fully saturated rings. The highest BCUT2D eigenvalue weighted by molar-refractivity contribution is 6.77. The van der Waals surface area contributed by atoms with Crippen LogP contribution in [0.15, 0.2) is 42.5 Å². The summed E-state index contributed by atoms with van der Waals surface area (Å²) in [5.74, 6) is 0.888. The lowest BCUT2D eigenvalue weighted by Gasteiger charge is -2.36. The minimum Gasteiger partial charge on any atom is -0.300 e. The molecule has 21 heavy (non-hydrogen) atoms. The van der Waals surface area contributed by atoms with Crippen molar-refractivity contribution < 1.29 is 4.79 Å². The fourth-order valence-electron chi connectivity index (χ4n) is 3.52. The van der Waals surface area contributed by atoms with E-state index in [4.69, 9.17) is 0 Å². The minimum atomic E-state index is -1.25. The summed E-state index contributed by atoms with van der Waals surface area (Å²) in [6, 6.07) is 15.2. The number of Topliss-reactive ketones (excluding diaryl/α,β-unsaturated/α-hetero) is 1. The van der Waals surface area contributed by atoms with Crippen LogP contribution in [0.1, 0.15) is 30.7 Å². The Balaban J connectivity index is 1.92. The Morgan fingerprint density at radius 3 is 2.38 bits per heavy atom. The van der Waals surface area contributed by atoms with Gasteiger partial charge in [0.05, 0.1) is 0 Å². The lowest BCUT2D eigenvalue weighted by molar-refractivity contribution is -0.120. The number of benzene rings is 2. The van der Waals surface area contributed by atoms with Crippen LogP contribution in [-0.4, -0.2) is 13.9 Å². The Labute approximate surface area is 128 Å². The van der Waals surface area contributed by atoms with Gasteiger partial charge in [-0.05, 0) is 34.2 Å². The first kappa shape index (κ1) is 14.5. The third-order valence-corrected chi connectivity index (χ3v) is 7.88. The molecule has 110 valence electrons. The van der Waals surface area contributed by atoms with Crippen LogP contribution >= 0.6 is 0 Å². The molecule has 0 bridgehead atoms. The molecule has 0 spiro atoms. The second kappa shape index (κ2) is 5.41. The summed E-state index contributed by atoms with van der Waals surface area (Å²) in [6.45, 7) is 7.19. The highest BCUT2D eigenvalue weighted by atomic mass is 28.3. The van der Waals surface area contributed by atoms with Gasteiger partial charge in [0, 0.05) is 20.9 Å². The third kappa shape index (κ3) is 3.10. The van der Waals surface area contributed by atoms with Crippen LogP contribution in [0.5, 0.6) is 0 Å². The Morgan fingerprint density at radius 1 is 0.952 bits per heavy atom. The Kier molecular flexibility index (Phi) is 3.74. The van der Waals surface area contributed by atoms with Crippen molar-refractivity contribution in [3.8, 4) is 0 Å². The van der Waals surface area contributed by atoms with Crippen LogP contribution in [0.25, 0.3) is 10.8 Å². The van der Waals surface area contributed by atoms with E-state index in [0.717, 1.165) is 12.8 Å². The van der Waals surface area contributed by atoms with Crippen molar-refractivity contribution in [3.63, 3.8) is 0 Å². The summed E-state index contributed by atoms with van der Waals surface area (Å²) in [6.07, 6.45) is 2.75. The summed E-state index contributed by atoms with van der Waals surface area (Å²) in [5.41, 5.74) is 1.99. The molecule has 1 unspecified atom stereocenters. The molecule has 2 aromatic carbocycles. The van der Waals surface area contributed by atoms with Crippen molar-refractivity contribution in [1.29, 1.82) is 0 Å². The van der Waals surface area contributed by atoms with Crippen LogP contribution < -0.4 is 0 Å². The second-order valence-electron chi connectivity index (χ2n) is 7.55. The first-order valence-corrected chi connectivity index (χ1v) is 11.5. The van der Waals surface area contributed by atoms with Crippen LogP contribution in [0.4, 0.5) is 0 Å². The van der Waals surface area contributed by atoms with E-state index < -0.39 is 8.07 Å². The topological polar surface area (TPSA) is 17.1 Å². The van der Waals surface area contributed by atoms with E-state index in [1.807, 2.05) is 0 Å². The largest absolute Gasteiger partial charge is 0.300 e. The molecule has 1 aliphatic carbocycles. The van der Waals surface area contributed by atoms with E-state index in [9.17, 15) is 4.79 Å². The van der Waals surface area contributed by atoms with Gasteiger partial charge in [0.15, 0.2) is 0 Å². The van der Waals surface area contributed by atoms with Crippen LogP contribution in [0.3, 0.4) is 0 Å². The first-order valence-electron chi connectivity index (χ1n) is 7.94. The third-order valence-electron chi connectivity index (χ3n) is 4.99. The van der Waals surface area contributed by atoms with Crippen LogP contribution in [-0.2, 0) is 4.79 Å². The van der Waals surface area contributed by atoms with Gasteiger partial charge in [0.1, 0.15) is 5.78 Å². The highest BCUT2D eigenvalue weighted by Crippen LogP contribution is 2.43. The zero-order valence-electron chi connectivity index (χ0n) is 13.2. The lowest BCUT2D eigenvalue weighted by atomic mass is 9.82. The molecule has 3 rings (SSSR count). The van der Waals surface area contributed by atoms with E-state index in [1.165, 1.54) is 22.8 Å². The van der Waals surface area contributed by atoms with Gasteiger partial charge in [0.2, 0.25) is 0 Å². The predicted molar refractivity (Wildman–Crippen MR) is 92.6 cm³/mol. The predicted octanol–water partition coefficient (Wildman–Crippen LogP) is 5.38. The van der Waals surface area contributed by atoms with Crippen molar-refractivity contribution in [2.75, 3.05) is 0 Å². The molecule has 0 heterocycles. The average molecular weight is 296 g/mol. The summed E-state index contributed by atoms with van der Waals surface area (Å²) in [4.78, 5) is 12.2. The number of rotatable bonds is 2. The molecule has 1 saturated carbocycles. The average Bonchev–Trinajstić information content (AvgIpc) is 2.45. The minimum absolute atomic E-state index is 0.424. The molecular formula is C19H24OSi. The molecular weight excluding hydrogens is 272 g/mol. The second-order valence-corrected chi connectivity index (χ2v) is 13.1. The lowest BCUT2D eigenvalue weighted by Crippen LogP contribution is -2.34. The highest BCUT2D eigenvalue weighted by Gasteiger charge is 2.35. The molecule has 1 nitrogen and oxygen atoms in total. The Bertz CT molecular complexity index is 669. The standard InChI is InChI=1S/C19H24OSi/c1-21(2,3)19-12-17(11-18(20)13-19)16-9-8-14-6-4-5-7-15(14)10-16/h4-10,17,19H,11-13H2,1-3H3/t17-,19?/m1/s1. The van der Waals surface area contributed by atoms with E-state index in [2.05, 4.69) is 62.1 Å². The van der Waals surface area contributed by atoms with Gasteiger partial charge in [-0.15, -0.1) is 0 Å². The maximum Gasteiger partial charge on any atom is 0.133 e. The zero-order chi connectivity index (χ0) is 15.0. The van der Waals surface area contributed by atoms with E-state index in [1.54, 1.807) is 0 Å². The van der Waals surface area contributed by atoms with Gasteiger partial charge < -0.3 is 0 Å².